The van der Waals surface area contributed by atoms with Gasteiger partial charge < -0.3 is 4.90 Å². The molecule has 1 aliphatic rings. The second-order valence-corrected chi connectivity index (χ2v) is 7.20. The van der Waals surface area contributed by atoms with Crippen LogP contribution in [0.3, 0.4) is 0 Å². The summed E-state index contributed by atoms with van der Waals surface area (Å²) in [5.41, 5.74) is 3.13. The van der Waals surface area contributed by atoms with Gasteiger partial charge in [-0.15, -0.1) is 10.2 Å². The van der Waals surface area contributed by atoms with Gasteiger partial charge in [0.2, 0.25) is 11.7 Å². The van der Waals surface area contributed by atoms with Crippen LogP contribution in [0.5, 0.6) is 0 Å². The Morgan fingerprint density at radius 2 is 2.04 bits per heavy atom. The Bertz CT molecular complexity index is 921. The highest BCUT2D eigenvalue weighted by molar-refractivity contribution is 5.76. The van der Waals surface area contributed by atoms with Crippen molar-refractivity contribution in [3.05, 3.63) is 59.9 Å². The molecule has 1 amide bonds. The van der Waals surface area contributed by atoms with Crippen LogP contribution in [0, 0.1) is 12.8 Å². The topological polar surface area (TPSA) is 76.8 Å². The maximum absolute atomic E-state index is 12.9. The molecular weight excluding hydrogens is 340 g/mol. The van der Waals surface area contributed by atoms with Gasteiger partial charge in [0.1, 0.15) is 6.54 Å². The Hall–Kier alpha value is -3.09. The number of rotatable bonds is 4. The molecule has 3 aromatic rings. The number of aromatic nitrogens is 5. The summed E-state index contributed by atoms with van der Waals surface area (Å²) < 4.78 is 0. The van der Waals surface area contributed by atoms with E-state index in [0.29, 0.717) is 11.7 Å². The summed E-state index contributed by atoms with van der Waals surface area (Å²) in [5, 5.41) is 12.5. The number of tetrazole rings is 1. The van der Waals surface area contributed by atoms with Crippen LogP contribution < -0.4 is 0 Å². The molecule has 0 N–H and O–H groups in total. The Balaban J connectivity index is 1.49. The summed E-state index contributed by atoms with van der Waals surface area (Å²) in [6, 6.07) is 11.9. The van der Waals surface area contributed by atoms with Crippen LogP contribution in [0.25, 0.3) is 11.4 Å². The normalized spacial score (nSPS) is 19.4. The van der Waals surface area contributed by atoms with E-state index in [1.54, 1.807) is 6.20 Å². The van der Waals surface area contributed by atoms with E-state index in [2.05, 4.69) is 27.3 Å². The Kier molecular flexibility index (Phi) is 4.66. The standard InChI is InChI=1S/C20H22N6O/c1-14-5-7-16(8-6-14)20-22-24-26(23-20)13-19(27)25-12-15(2)10-18(25)17-4-3-9-21-11-17/h3-9,11,15,18H,10,12-13H2,1-2H3. The van der Waals surface area contributed by atoms with E-state index in [4.69, 9.17) is 0 Å². The quantitative estimate of drug-likeness (QED) is 0.713. The van der Waals surface area contributed by atoms with E-state index in [0.717, 1.165) is 24.1 Å². The molecule has 1 aromatic carbocycles. The van der Waals surface area contributed by atoms with Gasteiger partial charge in [-0.1, -0.05) is 42.8 Å². The van der Waals surface area contributed by atoms with Gasteiger partial charge in [-0.25, -0.2) is 0 Å². The average molecular weight is 362 g/mol. The molecule has 2 unspecified atom stereocenters. The predicted molar refractivity (Wildman–Crippen MR) is 100 cm³/mol. The number of carbonyl (C=O) groups excluding carboxylic acids is 1. The summed E-state index contributed by atoms with van der Waals surface area (Å²) >= 11 is 0. The lowest BCUT2D eigenvalue weighted by atomic mass is 10.0. The number of amides is 1. The molecule has 0 bridgehead atoms. The SMILES string of the molecule is Cc1ccc(-c2nnn(CC(=O)N3CC(C)CC3c3cccnc3)n2)cc1. The number of benzene rings is 1. The summed E-state index contributed by atoms with van der Waals surface area (Å²) in [4.78, 5) is 20.4. The van der Waals surface area contributed by atoms with Gasteiger partial charge in [-0.05, 0) is 36.1 Å². The highest BCUT2D eigenvalue weighted by atomic mass is 16.2. The van der Waals surface area contributed by atoms with Gasteiger partial charge in [0, 0.05) is 24.5 Å². The lowest BCUT2D eigenvalue weighted by Gasteiger charge is -2.24. The van der Waals surface area contributed by atoms with Gasteiger partial charge in [0.25, 0.3) is 0 Å². The third-order valence-electron chi connectivity index (χ3n) is 4.94. The molecule has 138 valence electrons. The fourth-order valence-corrected chi connectivity index (χ4v) is 3.55. The number of likely N-dealkylation sites (tertiary alicyclic amines) is 1. The van der Waals surface area contributed by atoms with Gasteiger partial charge in [-0.3, -0.25) is 9.78 Å². The molecule has 3 heterocycles. The second kappa shape index (κ2) is 7.26. The van der Waals surface area contributed by atoms with E-state index >= 15 is 0 Å². The van der Waals surface area contributed by atoms with Crippen LogP contribution in [0.1, 0.15) is 30.5 Å². The molecule has 7 heteroatoms. The number of carbonyl (C=O) groups is 1. The fourth-order valence-electron chi connectivity index (χ4n) is 3.55. The fraction of sp³-hybridized carbons (Fsp3) is 0.350. The van der Waals surface area contributed by atoms with Crippen molar-refractivity contribution in [2.24, 2.45) is 5.92 Å². The molecule has 1 saturated heterocycles. The first-order valence-electron chi connectivity index (χ1n) is 9.14. The third kappa shape index (κ3) is 3.72. The molecule has 0 saturated carbocycles. The first-order valence-corrected chi connectivity index (χ1v) is 9.14. The minimum absolute atomic E-state index is 0.000981. The van der Waals surface area contributed by atoms with E-state index in [1.165, 1.54) is 10.4 Å². The summed E-state index contributed by atoms with van der Waals surface area (Å²) in [5.74, 6) is 0.980. The van der Waals surface area contributed by atoms with Crippen LogP contribution in [0.4, 0.5) is 0 Å². The second-order valence-electron chi connectivity index (χ2n) is 7.20. The van der Waals surface area contributed by atoms with Crippen molar-refractivity contribution in [3.63, 3.8) is 0 Å². The zero-order chi connectivity index (χ0) is 18.8. The van der Waals surface area contributed by atoms with Crippen molar-refractivity contribution in [2.75, 3.05) is 6.54 Å². The Morgan fingerprint density at radius 1 is 1.22 bits per heavy atom. The van der Waals surface area contributed by atoms with Gasteiger partial charge in [0.05, 0.1) is 6.04 Å². The summed E-state index contributed by atoms with van der Waals surface area (Å²) in [6.07, 6.45) is 4.53. The monoisotopic (exact) mass is 362 g/mol. The number of aryl methyl sites for hydroxylation is 1. The summed E-state index contributed by atoms with van der Waals surface area (Å²) in [7, 11) is 0. The lowest BCUT2D eigenvalue weighted by molar-refractivity contribution is -0.133. The summed E-state index contributed by atoms with van der Waals surface area (Å²) in [6.45, 7) is 5.02. The Morgan fingerprint density at radius 3 is 2.78 bits per heavy atom. The van der Waals surface area contributed by atoms with E-state index in [-0.39, 0.29) is 18.5 Å². The minimum atomic E-state index is 0.000981. The molecule has 1 fully saturated rings. The van der Waals surface area contributed by atoms with Crippen LogP contribution in [-0.2, 0) is 11.3 Å². The number of pyridine rings is 1. The van der Waals surface area contributed by atoms with E-state index < -0.39 is 0 Å². The highest BCUT2D eigenvalue weighted by Gasteiger charge is 2.34. The van der Waals surface area contributed by atoms with Crippen LogP contribution in [-0.4, -0.2) is 42.5 Å². The van der Waals surface area contributed by atoms with Crippen molar-refractivity contribution in [3.8, 4) is 11.4 Å². The third-order valence-corrected chi connectivity index (χ3v) is 4.94. The number of hydrogen-bond acceptors (Lipinski definition) is 5. The lowest BCUT2D eigenvalue weighted by Crippen LogP contribution is -2.34. The minimum Gasteiger partial charge on any atom is -0.334 e. The Labute approximate surface area is 158 Å². The van der Waals surface area contributed by atoms with Gasteiger partial charge in [0.15, 0.2) is 0 Å². The zero-order valence-electron chi connectivity index (χ0n) is 15.5. The van der Waals surface area contributed by atoms with Crippen LogP contribution in [0.15, 0.2) is 48.8 Å². The van der Waals surface area contributed by atoms with E-state index in [1.807, 2.05) is 54.4 Å². The highest BCUT2D eigenvalue weighted by Crippen LogP contribution is 2.34. The zero-order valence-corrected chi connectivity index (χ0v) is 15.5. The molecule has 2 aromatic heterocycles. The van der Waals surface area contributed by atoms with Crippen molar-refractivity contribution in [2.45, 2.75) is 32.9 Å². The van der Waals surface area contributed by atoms with Gasteiger partial charge >= 0.3 is 0 Å². The predicted octanol–water partition coefficient (Wildman–Crippen LogP) is 2.65. The molecule has 7 nitrogen and oxygen atoms in total. The number of hydrogen-bond donors (Lipinski definition) is 0. The first kappa shape index (κ1) is 17.3. The molecule has 2 atom stereocenters. The maximum Gasteiger partial charge on any atom is 0.246 e. The van der Waals surface area contributed by atoms with Gasteiger partial charge in [-0.2, -0.15) is 4.80 Å². The van der Waals surface area contributed by atoms with Crippen molar-refractivity contribution in [1.82, 2.24) is 30.1 Å². The van der Waals surface area contributed by atoms with Crippen molar-refractivity contribution in [1.29, 1.82) is 0 Å². The van der Waals surface area contributed by atoms with Crippen molar-refractivity contribution >= 4 is 5.91 Å². The van der Waals surface area contributed by atoms with Crippen LogP contribution in [0.2, 0.25) is 0 Å². The molecular formula is C20H22N6O. The maximum atomic E-state index is 12.9. The van der Waals surface area contributed by atoms with Crippen molar-refractivity contribution < 1.29 is 4.79 Å². The largest absolute Gasteiger partial charge is 0.334 e. The molecule has 0 spiro atoms. The molecule has 1 aliphatic heterocycles. The molecule has 4 rings (SSSR count). The molecule has 0 aliphatic carbocycles. The molecule has 27 heavy (non-hydrogen) atoms. The smallest absolute Gasteiger partial charge is 0.246 e. The molecule has 0 radical (unpaired) electrons. The number of nitrogens with zero attached hydrogens (tertiary/aromatic N) is 6. The van der Waals surface area contributed by atoms with Crippen LogP contribution >= 0.6 is 0 Å². The average Bonchev–Trinajstić information content (AvgIpc) is 3.30. The first-order chi connectivity index (χ1) is 13.1. The van der Waals surface area contributed by atoms with E-state index in [9.17, 15) is 4.79 Å².